The summed E-state index contributed by atoms with van der Waals surface area (Å²) in [6.07, 6.45) is 5.58. The molecule has 4 aliphatic rings. The largest absolute Gasteiger partial charge is 0.472 e. The van der Waals surface area contributed by atoms with E-state index in [1.807, 2.05) is 6.92 Å². The van der Waals surface area contributed by atoms with Crippen LogP contribution < -0.4 is 0 Å². The first-order chi connectivity index (χ1) is 18.5. The smallest absolute Gasteiger partial charge is 0.333 e. The molecule has 1 aromatic rings. The van der Waals surface area contributed by atoms with Gasteiger partial charge in [-0.3, -0.25) is 9.59 Å². The summed E-state index contributed by atoms with van der Waals surface area (Å²) in [5.41, 5.74) is 0.213. The molecule has 210 valence electrons. The maximum absolute atomic E-state index is 13.9. The first kappa shape index (κ1) is 27.2. The Bertz CT molecular complexity index is 1220. The van der Waals surface area contributed by atoms with Crippen molar-refractivity contribution < 1.29 is 42.5 Å². The van der Waals surface area contributed by atoms with Crippen molar-refractivity contribution in [1.29, 1.82) is 0 Å². The number of fused-ring (bicyclic) bond motifs is 1. The minimum absolute atomic E-state index is 0.0488. The third-order valence-electron chi connectivity index (χ3n) is 9.50. The Morgan fingerprint density at radius 1 is 1.15 bits per heavy atom. The van der Waals surface area contributed by atoms with Crippen molar-refractivity contribution in [3.8, 4) is 0 Å². The molecule has 2 saturated heterocycles. The average Bonchev–Trinajstić information content (AvgIpc) is 3.61. The van der Waals surface area contributed by atoms with Gasteiger partial charge in [0.1, 0.15) is 18.1 Å². The lowest BCUT2D eigenvalue weighted by atomic mass is 9.43. The Morgan fingerprint density at radius 3 is 2.59 bits per heavy atom. The molecule has 9 nitrogen and oxygen atoms in total. The summed E-state index contributed by atoms with van der Waals surface area (Å²) in [7, 11) is 0. The summed E-state index contributed by atoms with van der Waals surface area (Å²) in [6, 6.07) is 1.79. The number of rotatable bonds is 5. The van der Waals surface area contributed by atoms with Gasteiger partial charge < -0.3 is 23.4 Å². The summed E-state index contributed by atoms with van der Waals surface area (Å²) >= 11 is 0. The molecular formula is C30H36O9. The van der Waals surface area contributed by atoms with Crippen molar-refractivity contribution in [3.63, 3.8) is 0 Å². The van der Waals surface area contributed by atoms with Gasteiger partial charge in [0.25, 0.3) is 0 Å². The summed E-state index contributed by atoms with van der Waals surface area (Å²) in [4.78, 5) is 53.1. The van der Waals surface area contributed by atoms with Gasteiger partial charge in [-0.2, -0.15) is 0 Å². The standard InChI is InChI=1S/C30H36O9/c1-6-17(4)26(32)37-20-12-22-29(15-36-27(33)24(29)25(20)39-23(31)11-16(2)3)9-7-18(5)30(22)13-21(38-28(30)34)19-8-10-35-14-19/h6,8,10-11,14,18,20-22,24-25H,7,9,12-13,15H2,1-5H3/b17-6-/t18-,20+,21-,22+,24+,25+,29+,30-/m1/s1. The Morgan fingerprint density at radius 2 is 1.92 bits per heavy atom. The number of cyclic esters (lactones) is 2. The minimum Gasteiger partial charge on any atom is -0.472 e. The van der Waals surface area contributed by atoms with Gasteiger partial charge >= 0.3 is 23.9 Å². The zero-order chi connectivity index (χ0) is 28.1. The van der Waals surface area contributed by atoms with Gasteiger partial charge in [-0.05, 0) is 64.9 Å². The van der Waals surface area contributed by atoms with Crippen molar-refractivity contribution in [2.24, 2.45) is 28.6 Å². The highest BCUT2D eigenvalue weighted by molar-refractivity contribution is 5.88. The fraction of sp³-hybridized carbons (Fsp3) is 0.600. The molecule has 9 heteroatoms. The van der Waals surface area contributed by atoms with Crippen LogP contribution in [0.4, 0.5) is 0 Å². The van der Waals surface area contributed by atoms with E-state index in [0.29, 0.717) is 24.8 Å². The second-order valence-electron chi connectivity index (χ2n) is 11.8. The minimum atomic E-state index is -1.04. The Kier molecular flexibility index (Phi) is 6.97. The van der Waals surface area contributed by atoms with E-state index in [4.69, 9.17) is 23.4 Å². The number of ether oxygens (including phenoxy) is 4. The molecule has 39 heavy (non-hydrogen) atoms. The highest BCUT2D eigenvalue weighted by atomic mass is 16.6. The lowest BCUT2D eigenvalue weighted by Gasteiger charge is -2.58. The van der Waals surface area contributed by atoms with Crippen LogP contribution in [0, 0.1) is 28.6 Å². The van der Waals surface area contributed by atoms with Gasteiger partial charge in [0.15, 0.2) is 6.10 Å². The Labute approximate surface area is 227 Å². The molecule has 2 spiro atoms. The van der Waals surface area contributed by atoms with Crippen LogP contribution in [-0.2, 0) is 38.1 Å². The molecule has 4 fully saturated rings. The van der Waals surface area contributed by atoms with E-state index in [0.717, 1.165) is 11.1 Å². The fourth-order valence-electron chi connectivity index (χ4n) is 7.44. The van der Waals surface area contributed by atoms with Gasteiger partial charge in [0.2, 0.25) is 0 Å². The summed E-state index contributed by atoms with van der Waals surface area (Å²) in [6.45, 7) is 9.06. The quantitative estimate of drug-likeness (QED) is 0.299. The molecule has 0 radical (unpaired) electrons. The van der Waals surface area contributed by atoms with E-state index >= 15 is 0 Å². The molecule has 0 bridgehead atoms. The predicted molar refractivity (Wildman–Crippen MR) is 137 cm³/mol. The first-order valence-corrected chi connectivity index (χ1v) is 13.6. The highest BCUT2D eigenvalue weighted by Gasteiger charge is 2.74. The van der Waals surface area contributed by atoms with Crippen LogP contribution in [-0.4, -0.2) is 42.7 Å². The first-order valence-electron chi connectivity index (χ1n) is 13.6. The van der Waals surface area contributed by atoms with Crippen LogP contribution in [0.2, 0.25) is 0 Å². The van der Waals surface area contributed by atoms with Crippen LogP contribution in [0.3, 0.4) is 0 Å². The van der Waals surface area contributed by atoms with Crippen LogP contribution in [0.5, 0.6) is 0 Å². The monoisotopic (exact) mass is 540 g/mol. The van der Waals surface area contributed by atoms with Crippen molar-refractivity contribution in [2.45, 2.75) is 78.6 Å². The van der Waals surface area contributed by atoms with Crippen LogP contribution in [0.25, 0.3) is 0 Å². The maximum atomic E-state index is 13.9. The second kappa shape index (κ2) is 9.99. The molecule has 5 rings (SSSR count). The third-order valence-corrected chi connectivity index (χ3v) is 9.50. The predicted octanol–water partition coefficient (Wildman–Crippen LogP) is 4.62. The van der Waals surface area contributed by atoms with Gasteiger partial charge in [0.05, 0.1) is 24.5 Å². The molecule has 2 aliphatic carbocycles. The Hall–Kier alpha value is -3.36. The molecule has 0 N–H and O–H groups in total. The number of hydrogen-bond acceptors (Lipinski definition) is 9. The molecular weight excluding hydrogens is 504 g/mol. The fourth-order valence-corrected chi connectivity index (χ4v) is 7.44. The second-order valence-corrected chi connectivity index (χ2v) is 11.8. The van der Waals surface area contributed by atoms with Crippen LogP contribution >= 0.6 is 0 Å². The van der Waals surface area contributed by atoms with Crippen LogP contribution in [0.1, 0.15) is 72.0 Å². The number of furan rings is 1. The third kappa shape index (κ3) is 4.30. The van der Waals surface area contributed by atoms with E-state index in [9.17, 15) is 19.2 Å². The summed E-state index contributed by atoms with van der Waals surface area (Å²) in [5.74, 6) is -3.31. The van der Waals surface area contributed by atoms with Crippen molar-refractivity contribution >= 4 is 23.9 Å². The molecule has 8 atom stereocenters. The van der Waals surface area contributed by atoms with Gasteiger partial charge in [-0.15, -0.1) is 0 Å². The zero-order valence-electron chi connectivity index (χ0n) is 23.1. The topological polar surface area (TPSA) is 118 Å². The number of carbonyl (C=O) groups is 4. The average molecular weight is 541 g/mol. The van der Waals surface area contributed by atoms with Crippen molar-refractivity contribution in [3.05, 3.63) is 47.5 Å². The SMILES string of the molecule is C/C=C(/C)C(=O)O[C@H]1C[C@H]2[C@]3(CC[C@@H](C)[C@]24C[C@H](c2ccoc2)OC4=O)COC(=O)[C@@H]3[C@H]1OC(=O)C=C(C)C. The van der Waals surface area contributed by atoms with E-state index in [2.05, 4.69) is 0 Å². The van der Waals surface area contributed by atoms with E-state index < -0.39 is 58.9 Å². The van der Waals surface area contributed by atoms with E-state index in [1.165, 1.54) is 6.08 Å². The summed E-state index contributed by atoms with van der Waals surface area (Å²) < 4.78 is 28.8. The number of allylic oxidation sites excluding steroid dienone is 2. The molecule has 0 unspecified atom stereocenters. The van der Waals surface area contributed by atoms with Gasteiger partial charge in [0, 0.05) is 29.0 Å². The molecule has 2 aliphatic heterocycles. The zero-order valence-corrected chi connectivity index (χ0v) is 23.1. The summed E-state index contributed by atoms with van der Waals surface area (Å²) in [5, 5.41) is 0. The molecule has 3 heterocycles. The molecule has 2 saturated carbocycles. The highest BCUT2D eigenvalue weighted by Crippen LogP contribution is 2.68. The van der Waals surface area contributed by atoms with Gasteiger partial charge in [-0.25, -0.2) is 9.59 Å². The number of esters is 4. The van der Waals surface area contributed by atoms with Crippen molar-refractivity contribution in [2.75, 3.05) is 6.61 Å². The van der Waals surface area contributed by atoms with E-state index in [-0.39, 0.29) is 24.9 Å². The lowest BCUT2D eigenvalue weighted by molar-refractivity contribution is -0.210. The Balaban J connectivity index is 1.59. The van der Waals surface area contributed by atoms with Gasteiger partial charge in [-0.1, -0.05) is 18.6 Å². The lowest BCUT2D eigenvalue weighted by Crippen LogP contribution is -2.64. The number of hydrogen-bond donors (Lipinski definition) is 0. The molecule has 0 aromatic carbocycles. The normalized spacial score (nSPS) is 37.4. The van der Waals surface area contributed by atoms with Crippen LogP contribution in [0.15, 0.2) is 46.3 Å². The van der Waals surface area contributed by atoms with E-state index in [1.54, 1.807) is 52.4 Å². The number of carbonyl (C=O) groups excluding carboxylic acids is 4. The maximum Gasteiger partial charge on any atom is 0.333 e. The molecule has 1 aromatic heterocycles. The van der Waals surface area contributed by atoms with Crippen molar-refractivity contribution in [1.82, 2.24) is 0 Å². The molecule has 0 amide bonds.